The number of rotatable bonds is 1. The molecule has 0 saturated carbocycles. The Kier molecular flexibility index (Phi) is 1.73. The van der Waals surface area contributed by atoms with E-state index in [-0.39, 0.29) is 0 Å². The van der Waals surface area contributed by atoms with Crippen molar-refractivity contribution >= 4 is 11.6 Å². The first-order valence-corrected chi connectivity index (χ1v) is 3.00. The van der Waals surface area contributed by atoms with E-state index in [2.05, 4.69) is 5.10 Å². The summed E-state index contributed by atoms with van der Waals surface area (Å²) in [4.78, 5) is 0. The van der Waals surface area contributed by atoms with Crippen molar-refractivity contribution in [3.05, 3.63) is 16.9 Å². The molecule has 0 radical (unpaired) electrons. The molecule has 0 amide bonds. The highest BCUT2D eigenvalue weighted by Gasteiger charge is 1.97. The molecule has 0 aliphatic heterocycles. The van der Waals surface area contributed by atoms with Gasteiger partial charge in [0.15, 0.2) is 0 Å². The maximum absolute atomic E-state index is 5.65. The van der Waals surface area contributed by atoms with E-state index in [1.165, 1.54) is 0 Å². The zero-order valence-electron chi connectivity index (χ0n) is 5.13. The molecule has 0 fully saturated rings. The Bertz CT molecular complexity index is 186. The second kappa shape index (κ2) is 2.37. The SMILES string of the molecule is Cn1nc(CN)cc1Cl. The van der Waals surface area contributed by atoms with E-state index in [1.807, 2.05) is 0 Å². The Labute approximate surface area is 58.4 Å². The molecule has 2 N–H and O–H groups in total. The van der Waals surface area contributed by atoms with Crippen LogP contribution in [0, 0.1) is 0 Å². The van der Waals surface area contributed by atoms with Crippen molar-refractivity contribution < 1.29 is 0 Å². The molecule has 9 heavy (non-hydrogen) atoms. The van der Waals surface area contributed by atoms with E-state index in [0.717, 1.165) is 5.69 Å². The quantitative estimate of drug-likeness (QED) is 0.627. The van der Waals surface area contributed by atoms with Crippen LogP contribution >= 0.6 is 11.6 Å². The van der Waals surface area contributed by atoms with Gasteiger partial charge in [0.25, 0.3) is 0 Å². The van der Waals surface area contributed by atoms with E-state index in [1.54, 1.807) is 17.8 Å². The van der Waals surface area contributed by atoms with E-state index in [9.17, 15) is 0 Å². The van der Waals surface area contributed by atoms with Crippen molar-refractivity contribution in [3.8, 4) is 0 Å². The lowest BCUT2D eigenvalue weighted by Crippen LogP contribution is -1.98. The number of aromatic nitrogens is 2. The van der Waals surface area contributed by atoms with E-state index < -0.39 is 0 Å². The lowest BCUT2D eigenvalue weighted by atomic mass is 10.4. The molecule has 0 aliphatic carbocycles. The fourth-order valence-electron chi connectivity index (χ4n) is 0.600. The molecule has 0 bridgehead atoms. The topological polar surface area (TPSA) is 43.8 Å². The molecule has 1 aromatic rings. The molecular weight excluding hydrogens is 138 g/mol. The molecule has 1 rings (SSSR count). The highest BCUT2D eigenvalue weighted by atomic mass is 35.5. The van der Waals surface area contributed by atoms with Gasteiger partial charge in [0.05, 0.1) is 5.69 Å². The largest absolute Gasteiger partial charge is 0.325 e. The van der Waals surface area contributed by atoms with Crippen LogP contribution in [-0.4, -0.2) is 9.78 Å². The predicted octanol–water partition coefficient (Wildman–Crippen LogP) is 0.532. The fourth-order valence-corrected chi connectivity index (χ4v) is 0.764. The number of hydrogen-bond donors (Lipinski definition) is 1. The van der Waals surface area contributed by atoms with Gasteiger partial charge in [-0.1, -0.05) is 11.6 Å². The van der Waals surface area contributed by atoms with Crippen LogP contribution in [0.2, 0.25) is 5.15 Å². The fraction of sp³-hybridized carbons (Fsp3) is 0.400. The Morgan fingerprint density at radius 3 is 2.78 bits per heavy atom. The number of aryl methyl sites for hydroxylation is 1. The lowest BCUT2D eigenvalue weighted by Gasteiger charge is -1.86. The lowest BCUT2D eigenvalue weighted by molar-refractivity contribution is 0.743. The first-order valence-electron chi connectivity index (χ1n) is 2.62. The average molecular weight is 146 g/mol. The normalized spacial score (nSPS) is 10.1. The molecule has 0 aliphatic rings. The zero-order valence-corrected chi connectivity index (χ0v) is 5.89. The van der Waals surface area contributed by atoms with Gasteiger partial charge in [0, 0.05) is 13.6 Å². The Morgan fingerprint density at radius 2 is 2.56 bits per heavy atom. The van der Waals surface area contributed by atoms with Crippen LogP contribution in [0.25, 0.3) is 0 Å². The third kappa shape index (κ3) is 1.23. The van der Waals surface area contributed by atoms with Crippen LogP contribution in [0.15, 0.2) is 6.07 Å². The maximum atomic E-state index is 5.65. The summed E-state index contributed by atoms with van der Waals surface area (Å²) < 4.78 is 1.59. The Hall–Kier alpha value is -0.540. The van der Waals surface area contributed by atoms with Crippen LogP contribution in [0.1, 0.15) is 5.69 Å². The summed E-state index contributed by atoms with van der Waals surface area (Å²) in [6.45, 7) is 0.445. The van der Waals surface area contributed by atoms with Crippen molar-refractivity contribution in [1.29, 1.82) is 0 Å². The minimum Gasteiger partial charge on any atom is -0.325 e. The molecule has 0 unspecified atom stereocenters. The van der Waals surface area contributed by atoms with Gasteiger partial charge in [-0.15, -0.1) is 0 Å². The van der Waals surface area contributed by atoms with Gasteiger partial charge in [-0.2, -0.15) is 5.10 Å². The average Bonchev–Trinajstić information content (AvgIpc) is 2.13. The molecule has 0 aromatic carbocycles. The molecule has 50 valence electrons. The van der Waals surface area contributed by atoms with Gasteiger partial charge >= 0.3 is 0 Å². The van der Waals surface area contributed by atoms with Crippen LogP contribution in [-0.2, 0) is 13.6 Å². The van der Waals surface area contributed by atoms with Gasteiger partial charge in [-0.3, -0.25) is 4.68 Å². The Morgan fingerprint density at radius 1 is 1.89 bits per heavy atom. The minimum absolute atomic E-state index is 0.445. The molecule has 3 nitrogen and oxygen atoms in total. The van der Waals surface area contributed by atoms with E-state index in [0.29, 0.717) is 11.7 Å². The molecule has 0 spiro atoms. The Balaban J connectivity index is 2.98. The standard InChI is InChI=1S/C5H8ClN3/c1-9-5(6)2-4(3-7)8-9/h2H,3,7H2,1H3. The summed E-state index contributed by atoms with van der Waals surface area (Å²) in [7, 11) is 1.78. The summed E-state index contributed by atoms with van der Waals surface area (Å²) in [5.41, 5.74) is 6.12. The van der Waals surface area contributed by atoms with Crippen LogP contribution in [0.4, 0.5) is 0 Å². The molecular formula is C5H8ClN3. The smallest absolute Gasteiger partial charge is 0.127 e. The second-order valence-electron chi connectivity index (χ2n) is 1.79. The number of nitrogens with zero attached hydrogens (tertiary/aromatic N) is 2. The summed E-state index contributed by atoms with van der Waals surface area (Å²) in [5, 5.41) is 4.61. The molecule has 0 atom stereocenters. The van der Waals surface area contributed by atoms with Gasteiger partial charge in [0.1, 0.15) is 5.15 Å². The number of hydrogen-bond acceptors (Lipinski definition) is 2. The highest BCUT2D eigenvalue weighted by Crippen LogP contribution is 2.07. The van der Waals surface area contributed by atoms with Crippen LogP contribution in [0.3, 0.4) is 0 Å². The van der Waals surface area contributed by atoms with Crippen molar-refractivity contribution in [1.82, 2.24) is 9.78 Å². The highest BCUT2D eigenvalue weighted by molar-refractivity contribution is 6.29. The van der Waals surface area contributed by atoms with Crippen LogP contribution in [0.5, 0.6) is 0 Å². The van der Waals surface area contributed by atoms with Crippen LogP contribution < -0.4 is 5.73 Å². The monoisotopic (exact) mass is 145 g/mol. The summed E-state index contributed by atoms with van der Waals surface area (Å²) in [6.07, 6.45) is 0. The first kappa shape index (κ1) is 6.58. The van der Waals surface area contributed by atoms with Gasteiger partial charge in [-0.05, 0) is 6.07 Å². The number of halogens is 1. The zero-order chi connectivity index (χ0) is 6.85. The maximum Gasteiger partial charge on any atom is 0.127 e. The van der Waals surface area contributed by atoms with E-state index in [4.69, 9.17) is 17.3 Å². The van der Waals surface area contributed by atoms with E-state index >= 15 is 0 Å². The molecule has 1 heterocycles. The second-order valence-corrected chi connectivity index (χ2v) is 2.17. The van der Waals surface area contributed by atoms with Gasteiger partial charge < -0.3 is 5.73 Å². The summed E-state index contributed by atoms with van der Waals surface area (Å²) >= 11 is 5.65. The third-order valence-electron chi connectivity index (χ3n) is 1.08. The van der Waals surface area contributed by atoms with Crippen molar-refractivity contribution in [2.45, 2.75) is 6.54 Å². The third-order valence-corrected chi connectivity index (χ3v) is 1.44. The predicted molar refractivity (Wildman–Crippen MR) is 36.1 cm³/mol. The molecule has 1 aromatic heterocycles. The van der Waals surface area contributed by atoms with Crippen molar-refractivity contribution in [2.75, 3.05) is 0 Å². The molecule has 4 heteroatoms. The summed E-state index contributed by atoms with van der Waals surface area (Å²) in [5.74, 6) is 0. The summed E-state index contributed by atoms with van der Waals surface area (Å²) in [6, 6.07) is 1.75. The molecule has 0 saturated heterocycles. The minimum atomic E-state index is 0.445. The first-order chi connectivity index (χ1) is 4.24. The van der Waals surface area contributed by atoms with Crippen molar-refractivity contribution in [3.63, 3.8) is 0 Å². The number of nitrogens with two attached hydrogens (primary N) is 1. The van der Waals surface area contributed by atoms with Gasteiger partial charge in [-0.25, -0.2) is 0 Å². The van der Waals surface area contributed by atoms with Crippen molar-refractivity contribution in [2.24, 2.45) is 12.8 Å². The van der Waals surface area contributed by atoms with Gasteiger partial charge in [0.2, 0.25) is 0 Å².